The molecule has 2 heterocycles. The second kappa shape index (κ2) is 12.0. The highest BCUT2D eigenvalue weighted by Crippen LogP contribution is 2.39. The molecule has 1 saturated carbocycles. The van der Waals surface area contributed by atoms with Gasteiger partial charge in [0.1, 0.15) is 5.75 Å². The Morgan fingerprint density at radius 1 is 0.974 bits per heavy atom. The topological polar surface area (TPSA) is 91.0 Å². The van der Waals surface area contributed by atoms with E-state index < -0.39 is 6.10 Å². The zero-order valence-electron chi connectivity index (χ0n) is 22.2. The number of hydrogen-bond donors (Lipinski definition) is 2. The van der Waals surface area contributed by atoms with Crippen LogP contribution in [0.25, 0.3) is 0 Å². The summed E-state index contributed by atoms with van der Waals surface area (Å²) < 4.78 is 6.04. The van der Waals surface area contributed by atoms with Crippen molar-refractivity contribution in [3.05, 3.63) is 54.1 Å². The molecule has 3 amide bonds. The molecular weight excluding hydrogens is 480 g/mol. The fourth-order valence-corrected chi connectivity index (χ4v) is 6.00. The summed E-state index contributed by atoms with van der Waals surface area (Å²) in [5, 5.41) is 6.34. The Labute approximate surface area is 224 Å². The number of carbonyl (C=O) groups excluding carboxylic acids is 3. The highest BCUT2D eigenvalue weighted by Gasteiger charge is 2.40. The summed E-state index contributed by atoms with van der Waals surface area (Å²) in [7, 11) is 0. The van der Waals surface area contributed by atoms with Crippen molar-refractivity contribution in [3.8, 4) is 5.75 Å². The highest BCUT2D eigenvalue weighted by atomic mass is 16.5. The number of nitrogens with zero attached hydrogens (tertiary/aromatic N) is 2. The maximum atomic E-state index is 14.1. The van der Waals surface area contributed by atoms with E-state index in [1.54, 1.807) is 24.0 Å². The van der Waals surface area contributed by atoms with Crippen LogP contribution in [-0.2, 0) is 9.59 Å². The van der Waals surface area contributed by atoms with E-state index in [0.29, 0.717) is 35.8 Å². The number of benzene rings is 2. The van der Waals surface area contributed by atoms with Gasteiger partial charge in [-0.25, -0.2) is 0 Å². The summed E-state index contributed by atoms with van der Waals surface area (Å²) >= 11 is 0. The molecule has 2 fully saturated rings. The molecule has 2 aliphatic heterocycles. The fourth-order valence-electron chi connectivity index (χ4n) is 6.00. The van der Waals surface area contributed by atoms with Crippen LogP contribution in [0.5, 0.6) is 5.75 Å². The first kappa shape index (κ1) is 26.2. The quantitative estimate of drug-likeness (QED) is 0.619. The molecule has 5 rings (SSSR count). The lowest BCUT2D eigenvalue weighted by molar-refractivity contribution is -0.125. The maximum Gasteiger partial charge on any atom is 0.268 e. The molecule has 1 aliphatic carbocycles. The van der Waals surface area contributed by atoms with Crippen LogP contribution in [0.1, 0.15) is 62.2 Å². The van der Waals surface area contributed by atoms with Crippen molar-refractivity contribution < 1.29 is 19.1 Å². The molecule has 202 valence electrons. The van der Waals surface area contributed by atoms with Crippen LogP contribution in [0.2, 0.25) is 0 Å². The van der Waals surface area contributed by atoms with Gasteiger partial charge in [-0.05, 0) is 69.0 Å². The van der Waals surface area contributed by atoms with Crippen LogP contribution in [-0.4, -0.2) is 60.9 Å². The van der Waals surface area contributed by atoms with E-state index in [2.05, 4.69) is 10.6 Å². The number of carbonyl (C=O) groups is 3. The summed E-state index contributed by atoms with van der Waals surface area (Å²) in [5.74, 6) is 0.494. The third-order valence-corrected chi connectivity index (χ3v) is 7.97. The monoisotopic (exact) mass is 518 g/mol. The Balaban J connectivity index is 1.49. The van der Waals surface area contributed by atoms with Crippen LogP contribution in [0, 0.1) is 5.92 Å². The molecule has 2 aromatic carbocycles. The van der Waals surface area contributed by atoms with Crippen molar-refractivity contribution in [1.29, 1.82) is 0 Å². The standard InChI is InChI=1S/C30H38N4O4/c1-21(38-24-11-6-3-7-12-24)29(36)34-26-14-13-23(30(37)33-17-8-15-31-16-18-33)19-25(26)32-28(35)20-27(34)22-9-4-2-5-10-22/h3,6-7,11-14,19,21-22,27,31H,2,4-5,8-10,15-18,20H2,1H3,(H,32,35). The molecule has 3 aliphatic rings. The summed E-state index contributed by atoms with van der Waals surface area (Å²) in [4.78, 5) is 44.2. The number of ether oxygens (including phenoxy) is 1. The highest BCUT2D eigenvalue weighted by molar-refractivity contribution is 6.07. The van der Waals surface area contributed by atoms with Crippen molar-refractivity contribution in [3.63, 3.8) is 0 Å². The molecular formula is C30H38N4O4. The van der Waals surface area contributed by atoms with Gasteiger partial charge >= 0.3 is 0 Å². The third-order valence-electron chi connectivity index (χ3n) is 7.97. The van der Waals surface area contributed by atoms with Crippen molar-refractivity contribution in [1.82, 2.24) is 10.2 Å². The number of fused-ring (bicyclic) bond motifs is 1. The number of hydrogen-bond acceptors (Lipinski definition) is 5. The first-order valence-electron chi connectivity index (χ1n) is 14.0. The Bertz CT molecular complexity index is 1140. The van der Waals surface area contributed by atoms with Crippen LogP contribution < -0.4 is 20.3 Å². The predicted octanol–water partition coefficient (Wildman–Crippen LogP) is 4.21. The second-order valence-electron chi connectivity index (χ2n) is 10.6. The molecule has 38 heavy (non-hydrogen) atoms. The minimum absolute atomic E-state index is 0.0579. The van der Waals surface area contributed by atoms with Gasteiger partial charge in [-0.3, -0.25) is 14.4 Å². The Morgan fingerprint density at radius 2 is 1.76 bits per heavy atom. The van der Waals surface area contributed by atoms with Gasteiger partial charge in [0.25, 0.3) is 11.8 Å². The molecule has 2 aromatic rings. The predicted molar refractivity (Wildman–Crippen MR) is 147 cm³/mol. The molecule has 8 nitrogen and oxygen atoms in total. The van der Waals surface area contributed by atoms with E-state index >= 15 is 0 Å². The number of amides is 3. The van der Waals surface area contributed by atoms with E-state index in [4.69, 9.17) is 4.74 Å². The largest absolute Gasteiger partial charge is 0.481 e. The van der Waals surface area contributed by atoms with Gasteiger partial charge in [-0.1, -0.05) is 37.5 Å². The Morgan fingerprint density at radius 3 is 2.55 bits per heavy atom. The lowest BCUT2D eigenvalue weighted by Crippen LogP contribution is -2.50. The molecule has 0 aromatic heterocycles. The van der Waals surface area contributed by atoms with Gasteiger partial charge in [0.2, 0.25) is 5.91 Å². The van der Waals surface area contributed by atoms with Crippen molar-refractivity contribution >= 4 is 29.1 Å². The van der Waals surface area contributed by atoms with Gasteiger partial charge in [0, 0.05) is 37.7 Å². The number of para-hydroxylation sites is 1. The Hall–Kier alpha value is -3.39. The smallest absolute Gasteiger partial charge is 0.268 e. The molecule has 0 radical (unpaired) electrons. The molecule has 8 heteroatoms. The maximum absolute atomic E-state index is 14.1. The van der Waals surface area contributed by atoms with Gasteiger partial charge in [-0.15, -0.1) is 0 Å². The van der Waals surface area contributed by atoms with E-state index in [9.17, 15) is 14.4 Å². The van der Waals surface area contributed by atoms with E-state index in [-0.39, 0.29) is 36.1 Å². The van der Waals surface area contributed by atoms with Crippen molar-refractivity contribution in [2.45, 2.75) is 64.0 Å². The van der Waals surface area contributed by atoms with Gasteiger partial charge in [0.15, 0.2) is 6.10 Å². The minimum Gasteiger partial charge on any atom is -0.481 e. The molecule has 2 atom stereocenters. The lowest BCUT2D eigenvalue weighted by Gasteiger charge is -2.38. The summed E-state index contributed by atoms with van der Waals surface area (Å²) in [6.07, 6.45) is 5.76. The van der Waals surface area contributed by atoms with E-state index in [1.807, 2.05) is 41.3 Å². The van der Waals surface area contributed by atoms with Gasteiger partial charge in [0.05, 0.1) is 11.4 Å². The van der Waals surface area contributed by atoms with E-state index in [0.717, 1.165) is 45.2 Å². The summed E-state index contributed by atoms with van der Waals surface area (Å²) in [6, 6.07) is 14.4. The number of rotatable bonds is 5. The van der Waals surface area contributed by atoms with E-state index in [1.165, 1.54) is 6.42 Å². The molecule has 0 spiro atoms. The summed E-state index contributed by atoms with van der Waals surface area (Å²) in [6.45, 7) is 4.76. The van der Waals surface area contributed by atoms with Crippen molar-refractivity contribution in [2.75, 3.05) is 36.4 Å². The van der Waals surface area contributed by atoms with Crippen LogP contribution in [0.3, 0.4) is 0 Å². The molecule has 1 saturated heterocycles. The second-order valence-corrected chi connectivity index (χ2v) is 10.6. The van der Waals surface area contributed by atoms with Crippen molar-refractivity contribution in [2.24, 2.45) is 5.92 Å². The lowest BCUT2D eigenvalue weighted by atomic mass is 9.81. The SMILES string of the molecule is CC(Oc1ccccc1)C(=O)N1c2ccc(C(=O)N3CCCNCC3)cc2NC(=O)CC1C1CCCCC1. The molecule has 2 unspecified atom stereocenters. The first-order chi connectivity index (χ1) is 18.5. The van der Waals surface area contributed by atoms with Gasteiger partial charge < -0.3 is 25.2 Å². The third kappa shape index (κ3) is 5.85. The first-order valence-corrected chi connectivity index (χ1v) is 14.0. The Kier molecular flexibility index (Phi) is 8.27. The number of anilines is 2. The molecule has 0 bridgehead atoms. The van der Waals surface area contributed by atoms with Crippen LogP contribution in [0.4, 0.5) is 11.4 Å². The minimum atomic E-state index is -0.740. The zero-order chi connectivity index (χ0) is 26.5. The molecule has 2 N–H and O–H groups in total. The number of nitrogens with one attached hydrogen (secondary N) is 2. The van der Waals surface area contributed by atoms with Gasteiger partial charge in [-0.2, -0.15) is 0 Å². The average Bonchev–Trinajstić information content (AvgIpc) is 3.30. The summed E-state index contributed by atoms with van der Waals surface area (Å²) in [5.41, 5.74) is 1.66. The van der Waals surface area contributed by atoms with Crippen LogP contribution in [0.15, 0.2) is 48.5 Å². The van der Waals surface area contributed by atoms with Crippen LogP contribution >= 0.6 is 0 Å². The average molecular weight is 519 g/mol. The zero-order valence-corrected chi connectivity index (χ0v) is 22.2. The fraction of sp³-hybridized carbons (Fsp3) is 0.500. The normalized spacial score (nSPS) is 21.5.